The lowest BCUT2D eigenvalue weighted by molar-refractivity contribution is 0.243. The fourth-order valence-corrected chi connectivity index (χ4v) is 2.00. The molecule has 2 N–H and O–H groups in total. The highest BCUT2D eigenvalue weighted by Gasteiger charge is 2.14. The first-order chi connectivity index (χ1) is 8.95. The van der Waals surface area contributed by atoms with Crippen molar-refractivity contribution < 1.29 is 0 Å². The smallest absolute Gasteiger partial charge is 0.0991 e. The van der Waals surface area contributed by atoms with E-state index in [-0.39, 0.29) is 6.04 Å². The van der Waals surface area contributed by atoms with Gasteiger partial charge >= 0.3 is 0 Å². The Labute approximate surface area is 117 Å². The Bertz CT molecular complexity index is 434. The van der Waals surface area contributed by atoms with Crippen LogP contribution in [-0.2, 0) is 0 Å². The van der Waals surface area contributed by atoms with Crippen LogP contribution >= 0.6 is 0 Å². The molecule has 0 aliphatic rings. The highest BCUT2D eigenvalue weighted by Crippen LogP contribution is 2.20. The molecule has 0 saturated carbocycles. The van der Waals surface area contributed by atoms with Crippen LogP contribution in [0.3, 0.4) is 0 Å². The fourth-order valence-electron chi connectivity index (χ4n) is 2.00. The number of nitrogens with zero attached hydrogens (tertiary/aromatic N) is 2. The van der Waals surface area contributed by atoms with Gasteiger partial charge in [-0.2, -0.15) is 5.26 Å². The third-order valence-electron chi connectivity index (χ3n) is 3.83. The zero-order chi connectivity index (χ0) is 14.4. The first-order valence-electron chi connectivity index (χ1n) is 6.91. The molecule has 0 amide bonds. The van der Waals surface area contributed by atoms with Gasteiger partial charge in [-0.05, 0) is 50.6 Å². The zero-order valence-electron chi connectivity index (χ0n) is 12.4. The number of benzene rings is 1. The van der Waals surface area contributed by atoms with E-state index >= 15 is 0 Å². The topological polar surface area (TPSA) is 53.0 Å². The molecule has 2 unspecified atom stereocenters. The van der Waals surface area contributed by atoms with Gasteiger partial charge in [0, 0.05) is 12.1 Å². The van der Waals surface area contributed by atoms with Crippen LogP contribution < -0.4 is 5.73 Å². The molecule has 0 aromatic heterocycles. The molecule has 104 valence electrons. The van der Waals surface area contributed by atoms with Crippen molar-refractivity contribution in [1.82, 2.24) is 4.90 Å². The Hall–Kier alpha value is -1.37. The number of nitrogens with two attached hydrogens (primary N) is 1. The minimum atomic E-state index is 0.250. The normalized spacial score (nSPS) is 14.4. The molecule has 3 heteroatoms. The summed E-state index contributed by atoms with van der Waals surface area (Å²) in [6.07, 6.45) is 0.996. The van der Waals surface area contributed by atoms with Crippen LogP contribution in [0.1, 0.15) is 44.4 Å². The molecule has 0 saturated heterocycles. The van der Waals surface area contributed by atoms with E-state index < -0.39 is 0 Å². The summed E-state index contributed by atoms with van der Waals surface area (Å²) in [6, 6.07) is 10.6. The molecule has 0 aliphatic carbocycles. The van der Waals surface area contributed by atoms with Crippen molar-refractivity contribution in [2.75, 3.05) is 13.6 Å². The number of hydrogen-bond donors (Lipinski definition) is 1. The molecule has 1 aromatic carbocycles. The maximum atomic E-state index is 8.94. The van der Waals surface area contributed by atoms with Crippen molar-refractivity contribution in [3.05, 3.63) is 35.4 Å². The Balaban J connectivity index is 2.61. The van der Waals surface area contributed by atoms with Crippen molar-refractivity contribution in [1.29, 1.82) is 5.26 Å². The highest BCUT2D eigenvalue weighted by atomic mass is 15.1. The molecule has 0 fully saturated rings. The molecule has 1 rings (SSSR count). The van der Waals surface area contributed by atoms with Gasteiger partial charge in [-0.15, -0.1) is 0 Å². The van der Waals surface area contributed by atoms with E-state index in [9.17, 15) is 0 Å². The lowest BCUT2D eigenvalue weighted by Crippen LogP contribution is -2.32. The molecule has 3 nitrogen and oxygen atoms in total. The van der Waals surface area contributed by atoms with Gasteiger partial charge in [-0.3, -0.25) is 4.90 Å². The van der Waals surface area contributed by atoms with E-state index in [4.69, 9.17) is 11.0 Å². The lowest BCUT2D eigenvalue weighted by Gasteiger charge is -2.27. The van der Waals surface area contributed by atoms with Crippen LogP contribution in [0.2, 0.25) is 0 Å². The quantitative estimate of drug-likeness (QED) is 0.854. The lowest BCUT2D eigenvalue weighted by atomic mass is 10.0. The average molecular weight is 259 g/mol. The summed E-state index contributed by atoms with van der Waals surface area (Å²) in [5.41, 5.74) is 7.98. The van der Waals surface area contributed by atoms with Gasteiger partial charge in [0.2, 0.25) is 0 Å². The van der Waals surface area contributed by atoms with Gasteiger partial charge < -0.3 is 5.73 Å². The van der Waals surface area contributed by atoms with Crippen LogP contribution in [0, 0.1) is 17.2 Å². The molecule has 0 aliphatic heterocycles. The van der Waals surface area contributed by atoms with E-state index in [1.54, 1.807) is 0 Å². The third kappa shape index (κ3) is 4.66. The molecular formula is C16H25N3. The van der Waals surface area contributed by atoms with Gasteiger partial charge in [0.15, 0.2) is 0 Å². The largest absolute Gasteiger partial charge is 0.327 e. The van der Waals surface area contributed by atoms with Gasteiger partial charge in [-0.25, -0.2) is 0 Å². The molecule has 1 aromatic rings. The van der Waals surface area contributed by atoms with Crippen LogP contribution in [0.4, 0.5) is 0 Å². The molecule has 19 heavy (non-hydrogen) atoms. The number of rotatable bonds is 6. The summed E-state index contributed by atoms with van der Waals surface area (Å²) in [4.78, 5) is 2.29. The second-order valence-corrected chi connectivity index (χ2v) is 5.59. The minimum Gasteiger partial charge on any atom is -0.327 e. The average Bonchev–Trinajstić information content (AvgIpc) is 2.43. The highest BCUT2D eigenvalue weighted by molar-refractivity contribution is 5.34. The van der Waals surface area contributed by atoms with Gasteiger partial charge in [0.05, 0.1) is 11.6 Å². The number of nitriles is 1. The number of hydrogen-bond acceptors (Lipinski definition) is 3. The second kappa shape index (κ2) is 7.28. The first kappa shape index (κ1) is 15.7. The summed E-state index contributed by atoms with van der Waals surface area (Å²) in [5, 5.41) is 8.94. The summed E-state index contributed by atoms with van der Waals surface area (Å²) < 4.78 is 0. The van der Waals surface area contributed by atoms with Crippen molar-refractivity contribution in [2.45, 2.75) is 39.3 Å². The van der Waals surface area contributed by atoms with E-state index in [0.717, 1.165) is 18.5 Å². The molecule has 0 bridgehead atoms. The van der Waals surface area contributed by atoms with Crippen LogP contribution in [0.5, 0.6) is 0 Å². The molecule has 0 spiro atoms. The van der Waals surface area contributed by atoms with E-state index in [0.29, 0.717) is 12.0 Å². The fraction of sp³-hybridized carbons (Fsp3) is 0.562. The Kier molecular flexibility index (Phi) is 6.01. The monoisotopic (exact) mass is 259 g/mol. The van der Waals surface area contributed by atoms with Gasteiger partial charge in [0.25, 0.3) is 0 Å². The predicted octanol–water partition coefficient (Wildman–Crippen LogP) is 2.92. The van der Waals surface area contributed by atoms with E-state index in [2.05, 4.69) is 44.9 Å². The Morgan fingerprint density at radius 1 is 1.32 bits per heavy atom. The van der Waals surface area contributed by atoms with Gasteiger partial charge in [-0.1, -0.05) is 26.0 Å². The van der Waals surface area contributed by atoms with Crippen LogP contribution in [-0.4, -0.2) is 24.5 Å². The second-order valence-electron chi connectivity index (χ2n) is 5.59. The van der Waals surface area contributed by atoms with Crippen molar-refractivity contribution in [3.8, 4) is 6.07 Å². The van der Waals surface area contributed by atoms with Crippen molar-refractivity contribution >= 4 is 0 Å². The minimum absolute atomic E-state index is 0.250. The molecular weight excluding hydrogens is 234 g/mol. The standard InChI is InChI=1S/C16H25N3/c1-12(2)16(18)8-9-19(4)13(3)15-7-5-6-14(10-15)11-17/h5-7,10,12-13,16H,8-9,18H2,1-4H3. The van der Waals surface area contributed by atoms with Crippen LogP contribution in [0.25, 0.3) is 0 Å². The summed E-state index contributed by atoms with van der Waals surface area (Å²) >= 11 is 0. The molecule has 0 heterocycles. The SMILES string of the molecule is CC(C)C(N)CCN(C)C(C)c1cccc(C#N)c1. The van der Waals surface area contributed by atoms with E-state index in [1.165, 1.54) is 5.56 Å². The summed E-state index contributed by atoms with van der Waals surface area (Å²) in [6.45, 7) is 7.45. The summed E-state index contributed by atoms with van der Waals surface area (Å²) in [7, 11) is 2.11. The summed E-state index contributed by atoms with van der Waals surface area (Å²) in [5.74, 6) is 0.519. The third-order valence-corrected chi connectivity index (χ3v) is 3.83. The predicted molar refractivity (Wildman–Crippen MR) is 79.6 cm³/mol. The molecule has 0 radical (unpaired) electrons. The first-order valence-corrected chi connectivity index (χ1v) is 6.91. The van der Waals surface area contributed by atoms with E-state index in [1.807, 2.05) is 18.2 Å². The Morgan fingerprint density at radius 3 is 2.58 bits per heavy atom. The van der Waals surface area contributed by atoms with Gasteiger partial charge in [0.1, 0.15) is 0 Å². The Morgan fingerprint density at radius 2 is 2.00 bits per heavy atom. The maximum absolute atomic E-state index is 8.94. The molecule has 2 atom stereocenters. The van der Waals surface area contributed by atoms with Crippen molar-refractivity contribution in [3.63, 3.8) is 0 Å². The van der Waals surface area contributed by atoms with Crippen LogP contribution in [0.15, 0.2) is 24.3 Å². The maximum Gasteiger partial charge on any atom is 0.0991 e. The van der Waals surface area contributed by atoms with Crippen molar-refractivity contribution in [2.24, 2.45) is 11.7 Å². The zero-order valence-corrected chi connectivity index (χ0v) is 12.4.